The van der Waals surface area contributed by atoms with Gasteiger partial charge in [-0.15, -0.1) is 0 Å². The molecular formula is C14H23NO4. The molecule has 0 aromatic heterocycles. The second-order valence-electron chi connectivity index (χ2n) is 6.14. The van der Waals surface area contributed by atoms with Crippen LogP contribution in [-0.4, -0.2) is 35.7 Å². The van der Waals surface area contributed by atoms with Crippen LogP contribution in [0.25, 0.3) is 0 Å². The summed E-state index contributed by atoms with van der Waals surface area (Å²) in [5.41, 5.74) is 0. The Labute approximate surface area is 113 Å². The molecule has 5 heteroatoms. The Hall–Kier alpha value is -1.10. The van der Waals surface area contributed by atoms with Crippen LogP contribution in [0.3, 0.4) is 0 Å². The van der Waals surface area contributed by atoms with Crippen molar-refractivity contribution in [2.45, 2.75) is 51.7 Å². The predicted octanol–water partition coefficient (Wildman–Crippen LogP) is 1.42. The van der Waals surface area contributed by atoms with E-state index in [2.05, 4.69) is 19.2 Å². The lowest BCUT2D eigenvalue weighted by atomic mass is 9.96. The summed E-state index contributed by atoms with van der Waals surface area (Å²) in [5, 5.41) is 11.8. The maximum atomic E-state index is 11.9. The molecule has 0 spiro atoms. The number of carbonyl (C=O) groups is 2. The van der Waals surface area contributed by atoms with Gasteiger partial charge in [0.1, 0.15) is 0 Å². The molecule has 0 aromatic rings. The number of ether oxygens (including phenoxy) is 1. The summed E-state index contributed by atoms with van der Waals surface area (Å²) in [5.74, 6) is -1.15. The van der Waals surface area contributed by atoms with Crippen molar-refractivity contribution in [2.24, 2.45) is 17.8 Å². The molecular weight excluding hydrogens is 246 g/mol. The van der Waals surface area contributed by atoms with Crippen LogP contribution in [0.5, 0.6) is 0 Å². The Morgan fingerprint density at radius 3 is 2.63 bits per heavy atom. The molecule has 0 aromatic carbocycles. The largest absolute Gasteiger partial charge is 0.481 e. The lowest BCUT2D eigenvalue weighted by molar-refractivity contribution is -0.140. The molecule has 4 atom stereocenters. The zero-order valence-electron chi connectivity index (χ0n) is 11.6. The Morgan fingerprint density at radius 2 is 2.05 bits per heavy atom. The van der Waals surface area contributed by atoms with E-state index in [9.17, 15) is 9.59 Å². The minimum absolute atomic E-state index is 0.0948. The Balaban J connectivity index is 1.76. The second-order valence-corrected chi connectivity index (χ2v) is 6.14. The fraction of sp³-hybridized carbons (Fsp3) is 0.857. The number of amides is 1. The summed E-state index contributed by atoms with van der Waals surface area (Å²) in [6.07, 6.45) is 3.38. The maximum Gasteiger partial charge on any atom is 0.307 e. The average molecular weight is 269 g/mol. The molecule has 108 valence electrons. The van der Waals surface area contributed by atoms with Crippen LogP contribution >= 0.6 is 0 Å². The highest BCUT2D eigenvalue weighted by molar-refractivity contribution is 5.89. The molecule has 1 amide bonds. The fourth-order valence-corrected chi connectivity index (χ4v) is 2.77. The molecule has 1 saturated heterocycles. The van der Waals surface area contributed by atoms with Crippen molar-refractivity contribution in [3.05, 3.63) is 0 Å². The van der Waals surface area contributed by atoms with E-state index in [-0.39, 0.29) is 24.0 Å². The molecule has 1 aliphatic heterocycles. The maximum absolute atomic E-state index is 11.9. The molecule has 1 aliphatic carbocycles. The topological polar surface area (TPSA) is 75.6 Å². The van der Waals surface area contributed by atoms with Gasteiger partial charge in [-0.05, 0) is 31.6 Å². The zero-order chi connectivity index (χ0) is 14.0. The van der Waals surface area contributed by atoms with Gasteiger partial charge < -0.3 is 15.2 Å². The molecule has 0 radical (unpaired) electrons. The summed E-state index contributed by atoms with van der Waals surface area (Å²) in [6.45, 7) is 5.00. The third kappa shape index (κ3) is 3.93. The first-order valence-corrected chi connectivity index (χ1v) is 7.12. The Kier molecular flexibility index (Phi) is 4.45. The molecule has 2 N–H and O–H groups in total. The molecule has 2 fully saturated rings. The van der Waals surface area contributed by atoms with E-state index in [1.807, 2.05) is 0 Å². The van der Waals surface area contributed by atoms with E-state index in [0.717, 1.165) is 19.3 Å². The van der Waals surface area contributed by atoms with Crippen LogP contribution in [0.15, 0.2) is 0 Å². The molecule has 0 bridgehead atoms. The molecule has 2 rings (SSSR count). The molecule has 2 aliphatic rings. The van der Waals surface area contributed by atoms with Crippen molar-refractivity contribution in [1.82, 2.24) is 5.32 Å². The highest BCUT2D eigenvalue weighted by Gasteiger charge is 2.48. The summed E-state index contributed by atoms with van der Waals surface area (Å²) >= 11 is 0. The summed E-state index contributed by atoms with van der Waals surface area (Å²) in [4.78, 5) is 22.6. The number of carbonyl (C=O) groups excluding carboxylic acids is 1. The monoisotopic (exact) mass is 269 g/mol. The third-order valence-electron chi connectivity index (χ3n) is 3.89. The summed E-state index contributed by atoms with van der Waals surface area (Å²) in [7, 11) is 0. The average Bonchev–Trinajstić information content (AvgIpc) is 3.08. The van der Waals surface area contributed by atoms with Gasteiger partial charge in [0.2, 0.25) is 5.91 Å². The quantitative estimate of drug-likeness (QED) is 0.791. The van der Waals surface area contributed by atoms with Gasteiger partial charge >= 0.3 is 5.97 Å². The number of hydrogen-bond acceptors (Lipinski definition) is 3. The third-order valence-corrected chi connectivity index (χ3v) is 3.89. The van der Waals surface area contributed by atoms with Gasteiger partial charge in [0.25, 0.3) is 0 Å². The van der Waals surface area contributed by atoms with Gasteiger partial charge in [0.15, 0.2) is 0 Å². The van der Waals surface area contributed by atoms with Gasteiger partial charge in [-0.25, -0.2) is 0 Å². The highest BCUT2D eigenvalue weighted by atomic mass is 16.5. The first kappa shape index (κ1) is 14.3. The van der Waals surface area contributed by atoms with E-state index in [0.29, 0.717) is 18.9 Å². The molecule has 5 nitrogen and oxygen atoms in total. The lowest BCUT2D eigenvalue weighted by Gasteiger charge is -2.31. The van der Waals surface area contributed by atoms with Crippen molar-refractivity contribution in [3.63, 3.8) is 0 Å². The molecule has 1 saturated carbocycles. The second kappa shape index (κ2) is 5.90. The van der Waals surface area contributed by atoms with Crippen LogP contribution in [0.1, 0.15) is 39.5 Å². The smallest absolute Gasteiger partial charge is 0.307 e. The van der Waals surface area contributed by atoms with Gasteiger partial charge in [0.05, 0.1) is 17.9 Å². The van der Waals surface area contributed by atoms with Crippen molar-refractivity contribution in [1.29, 1.82) is 0 Å². The molecule has 19 heavy (non-hydrogen) atoms. The normalized spacial score (nSPS) is 34.1. The van der Waals surface area contributed by atoms with E-state index in [1.54, 1.807) is 0 Å². The summed E-state index contributed by atoms with van der Waals surface area (Å²) in [6, 6.07) is 0.139. The predicted molar refractivity (Wildman–Crippen MR) is 69.6 cm³/mol. The van der Waals surface area contributed by atoms with E-state index in [4.69, 9.17) is 9.84 Å². The first-order chi connectivity index (χ1) is 8.97. The van der Waals surface area contributed by atoms with Crippen LogP contribution in [-0.2, 0) is 14.3 Å². The number of nitrogens with one attached hydrogen (secondary N) is 1. The molecule has 4 unspecified atom stereocenters. The standard InChI is InChI=1S/C14H23NO4/c1-8(2)5-10-6-9(3-4-19-10)15-13(16)11-7-12(11)14(17)18/h8-12H,3-7H2,1-2H3,(H,15,16)(H,17,18). The van der Waals surface area contributed by atoms with Gasteiger partial charge in [-0.3, -0.25) is 9.59 Å². The van der Waals surface area contributed by atoms with Crippen molar-refractivity contribution >= 4 is 11.9 Å². The summed E-state index contributed by atoms with van der Waals surface area (Å²) < 4.78 is 5.69. The fourth-order valence-electron chi connectivity index (χ4n) is 2.77. The Morgan fingerprint density at radius 1 is 1.32 bits per heavy atom. The van der Waals surface area contributed by atoms with Crippen molar-refractivity contribution < 1.29 is 19.4 Å². The van der Waals surface area contributed by atoms with Crippen molar-refractivity contribution in [3.8, 4) is 0 Å². The SMILES string of the molecule is CC(C)CC1CC(NC(=O)C2CC2C(=O)O)CCO1. The van der Waals surface area contributed by atoms with E-state index >= 15 is 0 Å². The van der Waals surface area contributed by atoms with E-state index < -0.39 is 11.9 Å². The minimum atomic E-state index is -0.857. The van der Waals surface area contributed by atoms with Gasteiger partial charge in [-0.2, -0.15) is 0 Å². The zero-order valence-corrected chi connectivity index (χ0v) is 11.6. The van der Waals surface area contributed by atoms with Gasteiger partial charge in [0, 0.05) is 12.6 Å². The van der Waals surface area contributed by atoms with E-state index in [1.165, 1.54) is 0 Å². The van der Waals surface area contributed by atoms with Crippen LogP contribution in [0.4, 0.5) is 0 Å². The molecule has 1 heterocycles. The lowest BCUT2D eigenvalue weighted by Crippen LogP contribution is -2.43. The number of hydrogen-bond donors (Lipinski definition) is 2. The number of aliphatic carboxylic acids is 1. The van der Waals surface area contributed by atoms with Crippen LogP contribution in [0, 0.1) is 17.8 Å². The highest BCUT2D eigenvalue weighted by Crippen LogP contribution is 2.39. The number of carboxylic acid groups (broad SMARTS) is 1. The number of rotatable bonds is 5. The van der Waals surface area contributed by atoms with Crippen LogP contribution < -0.4 is 5.32 Å². The number of carboxylic acids is 1. The first-order valence-electron chi connectivity index (χ1n) is 7.12. The van der Waals surface area contributed by atoms with Crippen molar-refractivity contribution in [2.75, 3.05) is 6.61 Å². The van der Waals surface area contributed by atoms with Gasteiger partial charge in [-0.1, -0.05) is 13.8 Å². The minimum Gasteiger partial charge on any atom is -0.481 e. The van der Waals surface area contributed by atoms with Crippen LogP contribution in [0.2, 0.25) is 0 Å². The Bertz CT molecular complexity index is 355.